The summed E-state index contributed by atoms with van der Waals surface area (Å²) in [4.78, 5) is 15.3. The molecule has 0 saturated carbocycles. The smallest absolute Gasteiger partial charge is 0.317 e. The summed E-state index contributed by atoms with van der Waals surface area (Å²) in [6, 6.07) is 6.78. The number of hydrogen-bond acceptors (Lipinski definition) is 4. The molecule has 8 heteroatoms. The van der Waals surface area contributed by atoms with Crippen LogP contribution in [0.5, 0.6) is 0 Å². The van der Waals surface area contributed by atoms with Crippen LogP contribution in [0.2, 0.25) is 0 Å². The Morgan fingerprint density at radius 1 is 1.40 bits per heavy atom. The van der Waals surface area contributed by atoms with Gasteiger partial charge in [-0.2, -0.15) is 0 Å². The molecular formula is C17H18FN5OS. The molecule has 25 heavy (non-hydrogen) atoms. The van der Waals surface area contributed by atoms with Crippen LogP contribution in [0.4, 0.5) is 9.18 Å². The number of halogens is 1. The highest BCUT2D eigenvalue weighted by molar-refractivity contribution is 7.19. The molecule has 0 aliphatic carbocycles. The number of benzene rings is 1. The molecule has 3 heterocycles. The summed E-state index contributed by atoms with van der Waals surface area (Å²) < 4.78 is 16.1. The van der Waals surface area contributed by atoms with Crippen LogP contribution in [0.15, 0.2) is 36.7 Å². The molecule has 6 nitrogen and oxygen atoms in total. The summed E-state index contributed by atoms with van der Waals surface area (Å²) in [7, 11) is 0. The monoisotopic (exact) mass is 359 g/mol. The minimum absolute atomic E-state index is 0.0755. The highest BCUT2D eigenvalue weighted by atomic mass is 32.1. The fourth-order valence-corrected chi connectivity index (χ4v) is 4.18. The number of likely N-dealkylation sites (tertiary alicyclic amines) is 1. The number of nitrogens with zero attached hydrogens (tertiary/aromatic N) is 4. The van der Waals surface area contributed by atoms with Crippen molar-refractivity contribution in [3.05, 3.63) is 47.4 Å². The standard InChI is InChI=1S/C17H18FN5OS/c18-13-3-4-16-12(8-13)9-15(25-16)10-19-17(24)22-6-1-2-14(11-22)23-7-5-20-21-23/h3-5,7-9,14H,1-2,6,10-11H2,(H,19,24). The van der Waals surface area contributed by atoms with Crippen molar-refractivity contribution < 1.29 is 9.18 Å². The number of carbonyl (C=O) groups excluding carboxylic acids is 1. The number of piperidine rings is 1. The molecule has 0 radical (unpaired) electrons. The second kappa shape index (κ2) is 6.79. The summed E-state index contributed by atoms with van der Waals surface area (Å²) >= 11 is 1.57. The number of nitrogens with one attached hydrogen (secondary N) is 1. The first-order valence-corrected chi connectivity index (χ1v) is 9.07. The Kier molecular flexibility index (Phi) is 4.35. The van der Waals surface area contributed by atoms with Crippen molar-refractivity contribution in [1.29, 1.82) is 0 Å². The first-order chi connectivity index (χ1) is 12.2. The van der Waals surface area contributed by atoms with Crippen LogP contribution in [0.3, 0.4) is 0 Å². The van der Waals surface area contributed by atoms with Crippen LogP contribution >= 0.6 is 11.3 Å². The van der Waals surface area contributed by atoms with Crippen LogP contribution in [0.25, 0.3) is 10.1 Å². The van der Waals surface area contributed by atoms with Crippen molar-refractivity contribution in [2.45, 2.75) is 25.4 Å². The molecule has 0 spiro atoms. The lowest BCUT2D eigenvalue weighted by Crippen LogP contribution is -2.45. The largest absolute Gasteiger partial charge is 0.333 e. The molecule has 1 saturated heterocycles. The third-order valence-electron chi connectivity index (χ3n) is 4.44. The maximum absolute atomic E-state index is 13.3. The average Bonchev–Trinajstić information content (AvgIpc) is 3.29. The second-order valence-corrected chi connectivity index (χ2v) is 7.35. The average molecular weight is 359 g/mol. The number of thiophene rings is 1. The van der Waals surface area contributed by atoms with Gasteiger partial charge in [0.15, 0.2) is 0 Å². The molecule has 1 N–H and O–H groups in total. The molecule has 1 aliphatic heterocycles. The molecule has 130 valence electrons. The minimum Gasteiger partial charge on any atom is -0.333 e. The SMILES string of the molecule is O=C(NCc1cc2cc(F)ccc2s1)N1CCCC(n2ccnn2)C1. The van der Waals surface area contributed by atoms with Crippen LogP contribution in [-0.4, -0.2) is 39.0 Å². The summed E-state index contributed by atoms with van der Waals surface area (Å²) in [5.41, 5.74) is 0. The summed E-state index contributed by atoms with van der Waals surface area (Å²) in [6.07, 6.45) is 5.43. The topological polar surface area (TPSA) is 63.1 Å². The maximum Gasteiger partial charge on any atom is 0.317 e. The molecular weight excluding hydrogens is 341 g/mol. The van der Waals surface area contributed by atoms with E-state index in [0.717, 1.165) is 34.3 Å². The van der Waals surface area contributed by atoms with E-state index in [1.165, 1.54) is 12.1 Å². The lowest BCUT2D eigenvalue weighted by Gasteiger charge is -2.32. The maximum atomic E-state index is 13.3. The molecule has 0 bridgehead atoms. The van der Waals surface area contributed by atoms with Gasteiger partial charge in [0.2, 0.25) is 0 Å². The van der Waals surface area contributed by atoms with Crippen LogP contribution in [0, 0.1) is 5.82 Å². The summed E-state index contributed by atoms with van der Waals surface area (Å²) in [5, 5.41) is 11.7. The van der Waals surface area contributed by atoms with E-state index in [1.807, 2.05) is 21.8 Å². The highest BCUT2D eigenvalue weighted by Gasteiger charge is 2.25. The number of hydrogen-bond donors (Lipinski definition) is 1. The van der Waals surface area contributed by atoms with Gasteiger partial charge >= 0.3 is 6.03 Å². The van der Waals surface area contributed by atoms with Gasteiger partial charge in [-0.1, -0.05) is 5.21 Å². The van der Waals surface area contributed by atoms with Crippen molar-refractivity contribution >= 4 is 27.5 Å². The van der Waals surface area contributed by atoms with Gasteiger partial charge in [0.1, 0.15) is 5.82 Å². The summed E-state index contributed by atoms with van der Waals surface area (Å²) in [5.74, 6) is -0.242. The Bertz CT molecular complexity index is 878. The fourth-order valence-electron chi connectivity index (χ4n) is 3.20. The lowest BCUT2D eigenvalue weighted by atomic mass is 10.1. The van der Waals surface area contributed by atoms with Crippen molar-refractivity contribution in [2.75, 3.05) is 13.1 Å². The Morgan fingerprint density at radius 2 is 2.32 bits per heavy atom. The Morgan fingerprint density at radius 3 is 3.16 bits per heavy atom. The van der Waals surface area contributed by atoms with E-state index in [-0.39, 0.29) is 17.9 Å². The molecule has 1 aromatic carbocycles. The highest BCUT2D eigenvalue weighted by Crippen LogP contribution is 2.26. The van der Waals surface area contributed by atoms with Gasteiger partial charge in [0.05, 0.1) is 18.8 Å². The first-order valence-electron chi connectivity index (χ1n) is 8.25. The third kappa shape index (κ3) is 3.48. The Hall–Kier alpha value is -2.48. The zero-order valence-electron chi connectivity index (χ0n) is 13.6. The molecule has 2 aromatic heterocycles. The minimum atomic E-state index is -0.242. The zero-order valence-corrected chi connectivity index (χ0v) is 14.4. The van der Waals surface area contributed by atoms with Gasteiger partial charge in [-0.25, -0.2) is 13.9 Å². The van der Waals surface area contributed by atoms with E-state index in [0.29, 0.717) is 13.1 Å². The fraction of sp³-hybridized carbons (Fsp3) is 0.353. The molecule has 1 atom stereocenters. The number of fused-ring (bicyclic) bond motifs is 1. The van der Waals surface area contributed by atoms with E-state index in [2.05, 4.69) is 15.6 Å². The van der Waals surface area contributed by atoms with E-state index >= 15 is 0 Å². The molecule has 1 aliphatic rings. The van der Waals surface area contributed by atoms with Gasteiger partial charge < -0.3 is 10.2 Å². The van der Waals surface area contributed by atoms with Gasteiger partial charge in [-0.05, 0) is 42.5 Å². The van der Waals surface area contributed by atoms with Gasteiger partial charge in [-0.15, -0.1) is 16.4 Å². The quantitative estimate of drug-likeness (QED) is 0.781. The number of amides is 2. The Balaban J connectivity index is 1.37. The number of carbonyl (C=O) groups is 1. The third-order valence-corrected chi connectivity index (χ3v) is 5.56. The zero-order chi connectivity index (χ0) is 17.2. The first kappa shape index (κ1) is 16.0. The van der Waals surface area contributed by atoms with Crippen molar-refractivity contribution in [2.24, 2.45) is 0 Å². The van der Waals surface area contributed by atoms with Crippen molar-refractivity contribution in [3.8, 4) is 0 Å². The second-order valence-electron chi connectivity index (χ2n) is 6.18. The Labute approximate surface area is 148 Å². The van der Waals surface area contributed by atoms with E-state index in [4.69, 9.17) is 0 Å². The molecule has 2 amide bonds. The van der Waals surface area contributed by atoms with Crippen LogP contribution in [0.1, 0.15) is 23.8 Å². The van der Waals surface area contributed by atoms with Gasteiger partial charge in [-0.3, -0.25) is 0 Å². The van der Waals surface area contributed by atoms with E-state index in [9.17, 15) is 9.18 Å². The number of rotatable bonds is 3. The lowest BCUT2D eigenvalue weighted by molar-refractivity contribution is 0.162. The van der Waals surface area contributed by atoms with Crippen LogP contribution in [-0.2, 0) is 6.54 Å². The van der Waals surface area contributed by atoms with Crippen molar-refractivity contribution in [3.63, 3.8) is 0 Å². The number of aromatic nitrogens is 3. The predicted octanol–water partition coefficient (Wildman–Crippen LogP) is 3.18. The van der Waals surface area contributed by atoms with Gasteiger partial charge in [0.25, 0.3) is 0 Å². The van der Waals surface area contributed by atoms with Crippen LogP contribution < -0.4 is 5.32 Å². The van der Waals surface area contributed by atoms with Crippen molar-refractivity contribution in [1.82, 2.24) is 25.2 Å². The molecule has 1 unspecified atom stereocenters. The summed E-state index contributed by atoms with van der Waals surface area (Å²) in [6.45, 7) is 1.83. The molecule has 3 aromatic rings. The number of urea groups is 1. The predicted molar refractivity (Wildman–Crippen MR) is 93.9 cm³/mol. The van der Waals surface area contributed by atoms with E-state index in [1.54, 1.807) is 23.6 Å². The normalized spacial score (nSPS) is 17.8. The molecule has 1 fully saturated rings. The molecule has 4 rings (SSSR count). The van der Waals surface area contributed by atoms with Gasteiger partial charge in [0, 0.05) is 28.9 Å². The van der Waals surface area contributed by atoms with E-state index < -0.39 is 0 Å².